The fraction of sp³-hybridized carbons (Fsp3) is 0.227. The molecule has 8 nitrogen and oxygen atoms in total. The zero-order valence-corrected chi connectivity index (χ0v) is 17.0. The third-order valence-electron chi connectivity index (χ3n) is 4.73. The first-order chi connectivity index (χ1) is 14.6. The average molecular weight is 406 g/mol. The van der Waals surface area contributed by atoms with E-state index in [-0.39, 0.29) is 11.4 Å². The average Bonchev–Trinajstić information content (AvgIpc) is 3.06. The van der Waals surface area contributed by atoms with Crippen molar-refractivity contribution in [1.29, 1.82) is 0 Å². The Morgan fingerprint density at radius 1 is 1.03 bits per heavy atom. The Bertz CT molecular complexity index is 1230. The molecule has 0 aliphatic rings. The lowest BCUT2D eigenvalue weighted by Gasteiger charge is -2.12. The van der Waals surface area contributed by atoms with Gasteiger partial charge in [-0.2, -0.15) is 0 Å². The number of nitrogen functional groups attached to an aromatic ring is 1. The number of hydrogen-bond acceptors (Lipinski definition) is 7. The van der Waals surface area contributed by atoms with Crippen LogP contribution in [-0.2, 0) is 4.74 Å². The van der Waals surface area contributed by atoms with Gasteiger partial charge in [0.15, 0.2) is 5.65 Å². The van der Waals surface area contributed by atoms with Crippen molar-refractivity contribution in [3.8, 4) is 17.2 Å². The molecule has 2 heterocycles. The number of carbonyl (C=O) groups excluding carboxylic acids is 1. The van der Waals surface area contributed by atoms with Crippen LogP contribution in [0.5, 0.6) is 11.5 Å². The lowest BCUT2D eigenvalue weighted by atomic mass is 10.2. The largest absolute Gasteiger partial charge is 0.497 e. The summed E-state index contributed by atoms with van der Waals surface area (Å²) in [6, 6.07) is 12.8. The summed E-state index contributed by atoms with van der Waals surface area (Å²) in [6.07, 6.45) is 0.700. The van der Waals surface area contributed by atoms with Crippen molar-refractivity contribution in [2.24, 2.45) is 0 Å². The van der Waals surface area contributed by atoms with Crippen molar-refractivity contribution in [3.05, 3.63) is 48.0 Å². The highest BCUT2D eigenvalue weighted by atomic mass is 16.5. The van der Waals surface area contributed by atoms with E-state index in [1.165, 1.54) is 0 Å². The zero-order chi connectivity index (χ0) is 21.3. The van der Waals surface area contributed by atoms with Crippen molar-refractivity contribution in [1.82, 2.24) is 14.5 Å². The maximum Gasteiger partial charge on any atom is 0.344 e. The van der Waals surface area contributed by atoms with Crippen LogP contribution in [0.2, 0.25) is 0 Å². The van der Waals surface area contributed by atoms with Gasteiger partial charge in [0.25, 0.3) is 0 Å². The molecule has 4 aromatic rings. The Kier molecular flexibility index (Phi) is 5.14. The molecule has 30 heavy (non-hydrogen) atoms. The quantitative estimate of drug-likeness (QED) is 0.487. The van der Waals surface area contributed by atoms with Crippen molar-refractivity contribution < 1.29 is 19.0 Å². The molecule has 0 atom stereocenters. The van der Waals surface area contributed by atoms with Gasteiger partial charge in [-0.1, -0.05) is 19.1 Å². The first-order valence-corrected chi connectivity index (χ1v) is 9.54. The van der Waals surface area contributed by atoms with Crippen LogP contribution in [-0.4, -0.2) is 41.3 Å². The fourth-order valence-electron chi connectivity index (χ4n) is 3.31. The molecule has 0 saturated heterocycles. The van der Waals surface area contributed by atoms with Gasteiger partial charge in [0.05, 0.1) is 37.5 Å². The summed E-state index contributed by atoms with van der Waals surface area (Å²) in [4.78, 5) is 22.2. The minimum Gasteiger partial charge on any atom is -0.497 e. The number of methoxy groups -OCH3 is 2. The Morgan fingerprint density at radius 3 is 2.27 bits per heavy atom. The molecule has 2 aromatic heterocycles. The number of esters is 1. The number of ether oxygens (including phenoxy) is 3. The maximum atomic E-state index is 12.8. The predicted molar refractivity (Wildman–Crippen MR) is 114 cm³/mol. The zero-order valence-electron chi connectivity index (χ0n) is 17.0. The van der Waals surface area contributed by atoms with Gasteiger partial charge in [0, 0.05) is 18.2 Å². The van der Waals surface area contributed by atoms with Crippen LogP contribution in [0.25, 0.3) is 27.9 Å². The monoisotopic (exact) mass is 406 g/mol. The van der Waals surface area contributed by atoms with Gasteiger partial charge in [0.1, 0.15) is 28.4 Å². The molecule has 154 valence electrons. The lowest BCUT2D eigenvalue weighted by Crippen LogP contribution is -2.10. The number of para-hydroxylation sites is 2. The fourth-order valence-corrected chi connectivity index (χ4v) is 3.31. The highest BCUT2D eigenvalue weighted by molar-refractivity contribution is 6.09. The van der Waals surface area contributed by atoms with Crippen molar-refractivity contribution in [3.63, 3.8) is 0 Å². The summed E-state index contributed by atoms with van der Waals surface area (Å²) in [7, 11) is 3.13. The topological polar surface area (TPSA) is 101 Å². The first-order valence-electron chi connectivity index (χ1n) is 9.54. The minimum atomic E-state index is -0.530. The summed E-state index contributed by atoms with van der Waals surface area (Å²) < 4.78 is 17.8. The standard InChI is InChI=1S/C22H22N4O4/c1-4-9-30-22(27)18-19-21(25-17-8-6-5-7-16(17)24-19)26(20(18)23)13-10-14(28-2)12-15(11-13)29-3/h5-8,10-12H,4,9,23H2,1-3H3. The number of hydrogen-bond donors (Lipinski definition) is 1. The second kappa shape index (κ2) is 7.90. The van der Waals surface area contributed by atoms with Gasteiger partial charge in [-0.25, -0.2) is 14.8 Å². The normalized spacial score (nSPS) is 11.0. The van der Waals surface area contributed by atoms with E-state index >= 15 is 0 Å². The number of aromatic nitrogens is 3. The molecule has 0 aliphatic carbocycles. The van der Waals surface area contributed by atoms with Gasteiger partial charge in [-0.3, -0.25) is 4.57 Å². The second-order valence-electron chi connectivity index (χ2n) is 6.69. The number of anilines is 1. The van der Waals surface area contributed by atoms with E-state index in [9.17, 15) is 4.79 Å². The Hall–Kier alpha value is -3.81. The highest BCUT2D eigenvalue weighted by Gasteiger charge is 2.26. The number of nitrogens with two attached hydrogens (primary N) is 1. The third kappa shape index (κ3) is 3.26. The molecule has 2 N–H and O–H groups in total. The van der Waals surface area contributed by atoms with Crippen LogP contribution in [0.1, 0.15) is 23.7 Å². The van der Waals surface area contributed by atoms with Gasteiger partial charge in [-0.05, 0) is 18.6 Å². The van der Waals surface area contributed by atoms with Crippen LogP contribution >= 0.6 is 0 Å². The van der Waals surface area contributed by atoms with Crippen LogP contribution in [0.3, 0.4) is 0 Å². The molecule has 0 amide bonds. The second-order valence-corrected chi connectivity index (χ2v) is 6.69. The molecular formula is C22H22N4O4. The van der Waals surface area contributed by atoms with Gasteiger partial charge < -0.3 is 19.9 Å². The van der Waals surface area contributed by atoms with Crippen molar-refractivity contribution >= 4 is 34.0 Å². The number of carbonyl (C=O) groups is 1. The van der Waals surface area contributed by atoms with E-state index in [0.29, 0.717) is 52.4 Å². The first kappa shape index (κ1) is 19.5. The van der Waals surface area contributed by atoms with E-state index < -0.39 is 5.97 Å². The summed E-state index contributed by atoms with van der Waals surface area (Å²) in [5, 5.41) is 0. The molecule has 0 saturated carbocycles. The molecule has 0 bridgehead atoms. The Balaban J connectivity index is 2.05. The van der Waals surface area contributed by atoms with E-state index in [2.05, 4.69) is 4.98 Å². The van der Waals surface area contributed by atoms with E-state index in [1.54, 1.807) is 37.0 Å². The van der Waals surface area contributed by atoms with Crippen LogP contribution < -0.4 is 15.2 Å². The smallest absolute Gasteiger partial charge is 0.344 e. The van der Waals surface area contributed by atoms with Crippen molar-refractivity contribution in [2.45, 2.75) is 13.3 Å². The van der Waals surface area contributed by atoms with E-state index in [1.807, 2.05) is 31.2 Å². The van der Waals surface area contributed by atoms with Crippen LogP contribution in [0, 0.1) is 0 Å². The molecule has 2 aromatic carbocycles. The van der Waals surface area contributed by atoms with Crippen LogP contribution in [0.15, 0.2) is 42.5 Å². The number of rotatable bonds is 6. The maximum absolute atomic E-state index is 12.8. The van der Waals surface area contributed by atoms with Crippen LogP contribution in [0.4, 0.5) is 5.82 Å². The minimum absolute atomic E-state index is 0.191. The van der Waals surface area contributed by atoms with Gasteiger partial charge in [-0.15, -0.1) is 0 Å². The van der Waals surface area contributed by atoms with E-state index in [4.69, 9.17) is 24.9 Å². The molecule has 0 unspecified atom stereocenters. The summed E-state index contributed by atoms with van der Waals surface area (Å²) >= 11 is 0. The summed E-state index contributed by atoms with van der Waals surface area (Å²) in [5.41, 5.74) is 9.47. The number of nitrogens with zero attached hydrogens (tertiary/aromatic N) is 3. The highest BCUT2D eigenvalue weighted by Crippen LogP contribution is 2.34. The van der Waals surface area contributed by atoms with E-state index in [0.717, 1.165) is 0 Å². The third-order valence-corrected chi connectivity index (χ3v) is 4.73. The lowest BCUT2D eigenvalue weighted by molar-refractivity contribution is 0.0508. The van der Waals surface area contributed by atoms with Gasteiger partial charge in [0.2, 0.25) is 0 Å². The molecule has 0 fully saturated rings. The Morgan fingerprint density at radius 2 is 1.67 bits per heavy atom. The molecule has 4 rings (SSSR count). The molecule has 0 spiro atoms. The molecular weight excluding hydrogens is 384 g/mol. The van der Waals surface area contributed by atoms with Crippen molar-refractivity contribution in [2.75, 3.05) is 26.6 Å². The molecule has 8 heteroatoms. The number of benzene rings is 2. The molecule has 0 aliphatic heterocycles. The Labute approximate surface area is 173 Å². The SMILES string of the molecule is CCCOC(=O)c1c(N)n(-c2cc(OC)cc(OC)c2)c2nc3ccccc3nc12. The predicted octanol–water partition coefficient (Wildman–Crippen LogP) is 3.74. The summed E-state index contributed by atoms with van der Waals surface area (Å²) in [5.74, 6) is 0.818. The number of fused-ring (bicyclic) bond motifs is 2. The van der Waals surface area contributed by atoms with Gasteiger partial charge >= 0.3 is 5.97 Å². The summed E-state index contributed by atoms with van der Waals surface area (Å²) in [6.45, 7) is 2.22. The molecule has 0 radical (unpaired) electrons.